The molecular weight excluding hydrogens is 392 g/mol. The molecule has 2 aromatic carbocycles. The number of aromatic nitrogens is 2. The van der Waals surface area contributed by atoms with E-state index in [0.29, 0.717) is 17.1 Å². The van der Waals surface area contributed by atoms with Crippen LogP contribution < -0.4 is 15.0 Å². The third-order valence-corrected chi connectivity index (χ3v) is 5.99. The third-order valence-electron chi connectivity index (χ3n) is 5.99. The monoisotopic (exact) mass is 412 g/mol. The lowest BCUT2D eigenvalue weighted by atomic mass is 9.71. The number of fused-ring (bicyclic) bond motifs is 4. The van der Waals surface area contributed by atoms with Crippen molar-refractivity contribution in [1.82, 2.24) is 9.78 Å². The lowest BCUT2D eigenvalue weighted by Gasteiger charge is -2.32. The number of nitrogens with zero attached hydrogens (tertiary/aromatic N) is 3. The van der Waals surface area contributed by atoms with Gasteiger partial charge in [-0.3, -0.25) is 14.5 Å². The number of carbonyl (C=O) groups is 2. The topological polar surface area (TPSA) is 76.5 Å². The molecule has 2 aliphatic rings. The number of amides is 2. The lowest BCUT2D eigenvalue weighted by Crippen LogP contribution is -2.46. The predicted octanol–water partition coefficient (Wildman–Crippen LogP) is 2.80. The number of hydrogen-bond donors (Lipinski definition) is 1. The van der Waals surface area contributed by atoms with Gasteiger partial charge in [0.2, 0.25) is 11.8 Å². The van der Waals surface area contributed by atoms with Crippen molar-refractivity contribution < 1.29 is 14.3 Å². The molecule has 1 spiro atoms. The molecule has 154 valence electrons. The zero-order valence-electron chi connectivity index (χ0n) is 17.2. The maximum absolute atomic E-state index is 13.8. The maximum atomic E-state index is 13.8. The van der Waals surface area contributed by atoms with Crippen molar-refractivity contribution in [2.45, 2.75) is 18.8 Å². The Morgan fingerprint density at radius 1 is 1.19 bits per heavy atom. The van der Waals surface area contributed by atoms with Crippen LogP contribution in [-0.2, 0) is 15.0 Å². The van der Waals surface area contributed by atoms with Crippen molar-refractivity contribution in [2.24, 2.45) is 0 Å². The molecule has 0 saturated heterocycles. The number of hydrogen-bond acceptors (Lipinski definition) is 4. The van der Waals surface area contributed by atoms with Gasteiger partial charge >= 0.3 is 0 Å². The fourth-order valence-electron chi connectivity index (χ4n) is 4.57. The Morgan fingerprint density at radius 3 is 2.68 bits per heavy atom. The highest BCUT2D eigenvalue weighted by molar-refractivity contribution is 6.16. The van der Waals surface area contributed by atoms with E-state index < -0.39 is 5.41 Å². The molecule has 5 rings (SSSR count). The summed E-state index contributed by atoms with van der Waals surface area (Å²) >= 11 is 0. The maximum Gasteiger partial charge on any atom is 0.243 e. The van der Waals surface area contributed by atoms with Crippen molar-refractivity contribution in [3.63, 3.8) is 0 Å². The first kappa shape index (κ1) is 18.9. The first-order valence-electron chi connectivity index (χ1n) is 9.89. The van der Waals surface area contributed by atoms with E-state index in [4.69, 9.17) is 11.2 Å². The standard InChI is InChI=1S/C24H20N4O3/c1-4-11-27-20-10-5-15(2)12-18(20)24(23(27)30)13-21(29)26-22-19(24)14-25-28(22)16-6-8-17(31-3)9-7-16/h1,5-10,12,14H,11,13H2,2-3H3,(H,26,29)/t24-/m0/s1. The van der Waals surface area contributed by atoms with E-state index in [1.807, 2.05) is 49.4 Å². The predicted molar refractivity (Wildman–Crippen MR) is 117 cm³/mol. The van der Waals surface area contributed by atoms with Crippen LogP contribution in [0.1, 0.15) is 23.1 Å². The van der Waals surface area contributed by atoms with E-state index in [1.165, 1.54) is 0 Å². The van der Waals surface area contributed by atoms with Crippen LogP contribution in [0.3, 0.4) is 0 Å². The van der Waals surface area contributed by atoms with E-state index in [2.05, 4.69) is 16.3 Å². The van der Waals surface area contributed by atoms with Gasteiger partial charge in [-0.05, 0) is 42.8 Å². The molecule has 0 radical (unpaired) electrons. The highest BCUT2D eigenvalue weighted by Crippen LogP contribution is 2.52. The van der Waals surface area contributed by atoms with Gasteiger partial charge < -0.3 is 10.1 Å². The molecule has 0 aliphatic carbocycles. The van der Waals surface area contributed by atoms with Gasteiger partial charge in [0.15, 0.2) is 0 Å². The van der Waals surface area contributed by atoms with Crippen molar-refractivity contribution in [2.75, 3.05) is 23.9 Å². The molecule has 7 heteroatoms. The summed E-state index contributed by atoms with van der Waals surface area (Å²) in [7, 11) is 1.60. The van der Waals surface area contributed by atoms with E-state index >= 15 is 0 Å². The highest BCUT2D eigenvalue weighted by Gasteiger charge is 2.57. The Bertz CT molecular complexity index is 1270. The summed E-state index contributed by atoms with van der Waals surface area (Å²) in [4.78, 5) is 28.3. The minimum Gasteiger partial charge on any atom is -0.497 e. The fraction of sp³-hybridized carbons (Fsp3) is 0.208. The second-order valence-corrected chi connectivity index (χ2v) is 7.76. The molecule has 7 nitrogen and oxygen atoms in total. The number of terminal acetylenes is 1. The summed E-state index contributed by atoms with van der Waals surface area (Å²) in [6.07, 6.45) is 7.23. The summed E-state index contributed by atoms with van der Waals surface area (Å²) in [5, 5.41) is 7.45. The smallest absolute Gasteiger partial charge is 0.243 e. The number of benzene rings is 2. The van der Waals surface area contributed by atoms with Crippen molar-refractivity contribution in [3.8, 4) is 23.8 Å². The van der Waals surface area contributed by atoms with Gasteiger partial charge in [-0.25, -0.2) is 4.68 Å². The van der Waals surface area contributed by atoms with Crippen LogP contribution in [0, 0.1) is 19.3 Å². The minimum absolute atomic E-state index is 0.00463. The normalized spacial score (nSPS) is 19.1. The van der Waals surface area contributed by atoms with Crippen molar-refractivity contribution in [3.05, 3.63) is 65.4 Å². The lowest BCUT2D eigenvalue weighted by molar-refractivity contribution is -0.126. The number of methoxy groups -OCH3 is 1. The van der Waals surface area contributed by atoms with Gasteiger partial charge in [-0.1, -0.05) is 23.6 Å². The minimum atomic E-state index is -1.15. The van der Waals surface area contributed by atoms with Gasteiger partial charge in [-0.15, -0.1) is 6.42 Å². The Balaban J connectivity index is 1.74. The molecule has 3 aromatic rings. The fourth-order valence-corrected chi connectivity index (χ4v) is 4.57. The summed E-state index contributed by atoms with van der Waals surface area (Å²) < 4.78 is 6.86. The molecule has 0 unspecified atom stereocenters. The van der Waals surface area contributed by atoms with Gasteiger partial charge in [-0.2, -0.15) is 5.10 Å². The van der Waals surface area contributed by atoms with E-state index in [9.17, 15) is 9.59 Å². The second-order valence-electron chi connectivity index (χ2n) is 7.76. The number of ether oxygens (including phenoxy) is 1. The molecule has 1 aromatic heterocycles. The Hall–Kier alpha value is -4.05. The van der Waals surface area contributed by atoms with Crippen LogP contribution >= 0.6 is 0 Å². The Kier molecular flexibility index (Phi) is 4.12. The SMILES string of the molecule is C#CCN1C(=O)[C@@]2(CC(=O)Nc3c2cnn3-c2ccc(OC)cc2)c2cc(C)ccc21. The van der Waals surface area contributed by atoms with Crippen LogP contribution in [0.4, 0.5) is 11.5 Å². The molecule has 0 fully saturated rings. The molecule has 31 heavy (non-hydrogen) atoms. The van der Waals surface area contributed by atoms with Crippen LogP contribution in [-0.4, -0.2) is 35.2 Å². The summed E-state index contributed by atoms with van der Waals surface area (Å²) in [6.45, 7) is 2.10. The molecule has 1 N–H and O–H groups in total. The number of anilines is 2. The third kappa shape index (κ3) is 2.58. The van der Waals surface area contributed by atoms with Gasteiger partial charge in [0.1, 0.15) is 17.0 Å². The summed E-state index contributed by atoms with van der Waals surface area (Å²) in [6, 6.07) is 13.1. The largest absolute Gasteiger partial charge is 0.497 e. The first-order chi connectivity index (χ1) is 15.0. The van der Waals surface area contributed by atoms with E-state index in [-0.39, 0.29) is 24.8 Å². The quantitative estimate of drug-likeness (QED) is 0.672. The molecule has 0 bridgehead atoms. The second kappa shape index (κ2) is 6.74. The molecule has 0 saturated carbocycles. The van der Waals surface area contributed by atoms with Crippen LogP contribution in [0.2, 0.25) is 0 Å². The van der Waals surface area contributed by atoms with E-state index in [0.717, 1.165) is 22.5 Å². The molecule has 1 atom stereocenters. The summed E-state index contributed by atoms with van der Waals surface area (Å²) in [5.41, 5.74) is 2.79. The molecule has 3 heterocycles. The van der Waals surface area contributed by atoms with Crippen LogP contribution in [0.25, 0.3) is 5.69 Å². The zero-order valence-corrected chi connectivity index (χ0v) is 17.2. The highest BCUT2D eigenvalue weighted by atomic mass is 16.5. The number of nitrogens with one attached hydrogen (secondary N) is 1. The van der Waals surface area contributed by atoms with Crippen molar-refractivity contribution >= 4 is 23.3 Å². The average molecular weight is 412 g/mol. The Morgan fingerprint density at radius 2 is 1.97 bits per heavy atom. The molecule has 2 aliphatic heterocycles. The van der Waals surface area contributed by atoms with Crippen LogP contribution in [0.5, 0.6) is 5.75 Å². The zero-order chi connectivity index (χ0) is 21.8. The van der Waals surface area contributed by atoms with E-state index in [1.54, 1.807) is 22.9 Å². The first-order valence-corrected chi connectivity index (χ1v) is 9.89. The van der Waals surface area contributed by atoms with Gasteiger partial charge in [0.25, 0.3) is 0 Å². The average Bonchev–Trinajstić information content (AvgIpc) is 3.28. The van der Waals surface area contributed by atoms with Crippen LogP contribution in [0.15, 0.2) is 48.7 Å². The number of carbonyl (C=O) groups excluding carboxylic acids is 2. The number of rotatable bonds is 3. The molecule has 2 amide bonds. The van der Waals surface area contributed by atoms with Gasteiger partial charge in [0.05, 0.1) is 25.5 Å². The molecular formula is C24H20N4O3. The number of aryl methyl sites for hydroxylation is 1. The summed E-state index contributed by atoms with van der Waals surface area (Å²) in [5.74, 6) is 3.33. The Labute approximate surface area is 179 Å². The van der Waals surface area contributed by atoms with Crippen molar-refractivity contribution in [1.29, 1.82) is 0 Å². The van der Waals surface area contributed by atoms with Gasteiger partial charge in [0, 0.05) is 17.7 Å².